The average Bonchev–Trinajstić information content (AvgIpc) is 2.64. The number of benzene rings is 1. The minimum atomic E-state index is -1.94. The van der Waals surface area contributed by atoms with Gasteiger partial charge in [-0.1, -0.05) is 0 Å². The van der Waals surface area contributed by atoms with Crippen molar-refractivity contribution in [3.05, 3.63) is 24.3 Å². The molecule has 3 rings (SSSR count). The van der Waals surface area contributed by atoms with E-state index in [2.05, 4.69) is 43.5 Å². The van der Waals surface area contributed by atoms with E-state index >= 15 is 0 Å². The first-order valence-electron chi connectivity index (χ1n) is 9.59. The van der Waals surface area contributed by atoms with E-state index in [0.29, 0.717) is 0 Å². The maximum absolute atomic E-state index is 7.07. The summed E-state index contributed by atoms with van der Waals surface area (Å²) in [7, 11) is -0.119. The van der Waals surface area contributed by atoms with Crippen molar-refractivity contribution in [3.8, 4) is 5.75 Å². The van der Waals surface area contributed by atoms with Gasteiger partial charge in [0.15, 0.2) is 0 Å². The van der Waals surface area contributed by atoms with Crippen LogP contribution >= 0.6 is 18.9 Å². The number of alkyl halides is 1. The Bertz CT molecular complexity index is 506. The van der Waals surface area contributed by atoms with Crippen molar-refractivity contribution in [2.75, 3.05) is 7.11 Å². The molecule has 0 aliphatic heterocycles. The van der Waals surface area contributed by atoms with Gasteiger partial charge < -0.3 is 0 Å². The predicted octanol–water partition coefficient (Wildman–Crippen LogP) is 5.81. The molecule has 2 saturated carbocycles. The number of para-hydroxylation sites is 1. The summed E-state index contributed by atoms with van der Waals surface area (Å²) in [6.07, 6.45) is 13.8. The van der Waals surface area contributed by atoms with Gasteiger partial charge in [0.1, 0.15) is 0 Å². The third-order valence-electron chi connectivity index (χ3n) is 6.47. The molecule has 0 saturated heterocycles. The van der Waals surface area contributed by atoms with Gasteiger partial charge in [-0.3, -0.25) is 0 Å². The standard InChI is InChI=1S/C20H31ClOP.Pd/c1-22-19-14-8-9-15-20(19)23(16-21,17-10-4-2-5-11-17)18-12-6-3-7-13-18;/h8-9,14-18,23H,2-7,10-13H2,1H3;. The molecule has 0 aromatic heterocycles. The summed E-state index contributed by atoms with van der Waals surface area (Å²) in [5.41, 5.74) is 1.59. The Balaban J connectivity index is 2.12. The van der Waals surface area contributed by atoms with Crippen LogP contribution in [0, 0.1) is 0 Å². The molecule has 0 bridgehead atoms. The first kappa shape index (κ1) is 19.2. The van der Waals surface area contributed by atoms with Gasteiger partial charge in [-0.15, -0.1) is 0 Å². The van der Waals surface area contributed by atoms with Gasteiger partial charge in [-0.25, -0.2) is 0 Å². The van der Waals surface area contributed by atoms with E-state index in [-0.39, 0.29) is 3.59 Å². The molecule has 1 nitrogen and oxygen atoms in total. The van der Waals surface area contributed by atoms with Crippen molar-refractivity contribution < 1.29 is 23.9 Å². The van der Waals surface area contributed by atoms with E-state index in [1.165, 1.54) is 69.5 Å². The number of rotatable bonds is 5. The molecule has 1 aromatic carbocycles. The molecule has 0 amide bonds. The molecule has 0 N–H and O–H groups in total. The van der Waals surface area contributed by atoms with Crippen molar-refractivity contribution in [1.82, 2.24) is 0 Å². The molecule has 1 unspecified atom stereocenters. The van der Waals surface area contributed by atoms with Crippen LogP contribution in [0.2, 0.25) is 0 Å². The molecule has 2 aliphatic carbocycles. The molecule has 1 aromatic rings. The van der Waals surface area contributed by atoms with Crippen LogP contribution < -0.4 is 10.0 Å². The summed E-state index contributed by atoms with van der Waals surface area (Å²) >= 11 is 10.7. The van der Waals surface area contributed by atoms with E-state index in [0.717, 1.165) is 17.1 Å². The topological polar surface area (TPSA) is 9.23 Å². The first-order chi connectivity index (χ1) is 11.7. The molecule has 1 atom stereocenters. The van der Waals surface area contributed by atoms with Crippen LogP contribution in [-0.2, 0) is 19.2 Å². The zero-order chi connectivity index (χ0) is 17.0. The Hall–Kier alpha value is 0.402. The molecule has 0 spiro atoms. The van der Waals surface area contributed by atoms with Crippen LogP contribution in [0.1, 0.15) is 64.2 Å². The average molecular weight is 460 g/mol. The van der Waals surface area contributed by atoms with Gasteiger partial charge >= 0.3 is 164 Å². The Labute approximate surface area is 164 Å². The predicted molar refractivity (Wildman–Crippen MR) is 104 cm³/mol. The molecular weight excluding hydrogens is 429 g/mol. The molecule has 2 aliphatic rings. The van der Waals surface area contributed by atoms with Gasteiger partial charge in [0.25, 0.3) is 0 Å². The van der Waals surface area contributed by atoms with Crippen LogP contribution in [0.3, 0.4) is 0 Å². The number of ether oxygens (including phenoxy) is 1. The fourth-order valence-electron chi connectivity index (χ4n) is 5.37. The van der Waals surface area contributed by atoms with Crippen molar-refractivity contribution in [3.63, 3.8) is 0 Å². The van der Waals surface area contributed by atoms with Gasteiger partial charge in [0.2, 0.25) is 0 Å². The Morgan fingerprint density at radius 1 is 0.958 bits per heavy atom. The molecular formula is C20H31ClOPPd. The van der Waals surface area contributed by atoms with Gasteiger partial charge in [0.05, 0.1) is 0 Å². The fraction of sp³-hybridized carbons (Fsp3) is 0.700. The molecule has 2 fully saturated rings. The summed E-state index contributed by atoms with van der Waals surface area (Å²) in [6.45, 7) is 0. The molecule has 0 heterocycles. The van der Waals surface area contributed by atoms with Crippen LogP contribution in [0.15, 0.2) is 24.3 Å². The SMILES string of the molecule is COc1ccccc1[PH]([CH](Cl)[Pd])(C1CCCCC1)C1CCCCC1. The third-order valence-corrected chi connectivity index (χ3v) is 15.6. The molecule has 4 heteroatoms. The zero-order valence-electron chi connectivity index (χ0n) is 14.7. The number of hydrogen-bond acceptors (Lipinski definition) is 1. The molecule has 0 radical (unpaired) electrons. The second kappa shape index (κ2) is 8.86. The Kier molecular flexibility index (Phi) is 7.08. The second-order valence-corrected chi connectivity index (χ2v) is 15.2. The molecule has 24 heavy (non-hydrogen) atoms. The Morgan fingerprint density at radius 2 is 1.46 bits per heavy atom. The number of methoxy groups -OCH3 is 1. The number of halogens is 1. The summed E-state index contributed by atoms with van der Waals surface area (Å²) in [4.78, 5) is 0. The Morgan fingerprint density at radius 3 is 1.92 bits per heavy atom. The van der Waals surface area contributed by atoms with Gasteiger partial charge in [-0.05, 0) is 0 Å². The quantitative estimate of drug-likeness (QED) is 0.307. The van der Waals surface area contributed by atoms with E-state index in [1.54, 1.807) is 0 Å². The van der Waals surface area contributed by atoms with Crippen LogP contribution in [0.5, 0.6) is 5.75 Å². The second-order valence-electron chi connectivity index (χ2n) is 7.57. The number of hydrogen-bond donors (Lipinski definition) is 0. The van der Waals surface area contributed by atoms with E-state index < -0.39 is 7.26 Å². The van der Waals surface area contributed by atoms with E-state index in [1.807, 2.05) is 7.11 Å². The van der Waals surface area contributed by atoms with Gasteiger partial charge in [-0.2, -0.15) is 0 Å². The van der Waals surface area contributed by atoms with E-state index in [9.17, 15) is 0 Å². The third kappa shape index (κ3) is 3.60. The van der Waals surface area contributed by atoms with Crippen molar-refractivity contribution in [2.24, 2.45) is 0 Å². The summed E-state index contributed by atoms with van der Waals surface area (Å²) < 4.78 is 5.97. The minimum absolute atomic E-state index is 0.128. The van der Waals surface area contributed by atoms with Crippen molar-refractivity contribution in [1.29, 1.82) is 0 Å². The summed E-state index contributed by atoms with van der Waals surface area (Å²) in [5.74, 6) is 1.08. The zero-order valence-corrected chi connectivity index (χ0v) is 18.0. The summed E-state index contributed by atoms with van der Waals surface area (Å²) in [5, 5.41) is 1.48. The monoisotopic (exact) mass is 459 g/mol. The normalized spacial score (nSPS) is 23.0. The van der Waals surface area contributed by atoms with Crippen molar-refractivity contribution in [2.45, 2.75) is 79.1 Å². The van der Waals surface area contributed by atoms with Crippen LogP contribution in [0.25, 0.3) is 0 Å². The fourth-order valence-corrected chi connectivity index (χ4v) is 15.9. The molecule has 139 valence electrons. The van der Waals surface area contributed by atoms with Gasteiger partial charge in [0, 0.05) is 0 Å². The van der Waals surface area contributed by atoms with Crippen LogP contribution in [0.4, 0.5) is 0 Å². The van der Waals surface area contributed by atoms with Crippen molar-refractivity contribution >= 4 is 24.2 Å². The first-order valence-corrected chi connectivity index (χ1v) is 13.2. The van der Waals surface area contributed by atoms with E-state index in [4.69, 9.17) is 16.3 Å². The van der Waals surface area contributed by atoms with Crippen LogP contribution in [-0.4, -0.2) is 22.0 Å². The maximum atomic E-state index is 7.07. The summed E-state index contributed by atoms with van der Waals surface area (Å²) in [6, 6.07) is 8.79.